The molecular formula is C3H6ClO2P. The maximum atomic E-state index is 9.84. The van der Waals surface area contributed by atoms with E-state index in [2.05, 4.69) is 0 Å². The van der Waals surface area contributed by atoms with E-state index in [1.54, 1.807) is 6.92 Å². The van der Waals surface area contributed by atoms with Crippen molar-refractivity contribution in [1.82, 2.24) is 0 Å². The van der Waals surface area contributed by atoms with Crippen LogP contribution in [0.3, 0.4) is 0 Å². The number of rotatable bonds is 2. The molecule has 0 spiro atoms. The topological polar surface area (TPSA) is 34.1 Å². The molecule has 1 atom stereocenters. The molecule has 1 unspecified atom stereocenters. The molecule has 0 bridgehead atoms. The maximum Gasteiger partial charge on any atom is 0.333 e. The van der Waals surface area contributed by atoms with Gasteiger partial charge >= 0.3 is 7.68 Å². The van der Waals surface area contributed by atoms with Gasteiger partial charge in [-0.15, -0.1) is 11.6 Å². The van der Waals surface area contributed by atoms with Crippen LogP contribution in [0.25, 0.3) is 0 Å². The van der Waals surface area contributed by atoms with E-state index in [-0.39, 0.29) is 0 Å². The zero-order valence-corrected chi connectivity index (χ0v) is 5.58. The predicted molar refractivity (Wildman–Crippen MR) is 28.2 cm³/mol. The Labute approximate surface area is 47.7 Å². The molecular weight excluding hydrogens is 134 g/mol. The quantitative estimate of drug-likeness (QED) is 0.435. The van der Waals surface area contributed by atoms with Crippen LogP contribution in [0.4, 0.5) is 0 Å². The van der Waals surface area contributed by atoms with Crippen LogP contribution in [0.1, 0.15) is 13.3 Å². The summed E-state index contributed by atoms with van der Waals surface area (Å²) in [5, 5.41) is -0.671. The Kier molecular flexibility index (Phi) is 3.31. The van der Waals surface area contributed by atoms with Crippen LogP contribution < -0.4 is 0 Å². The standard InChI is InChI=1S/C3H6ClO2P/c1-2-3(4)7(5)6/h3H,2H2,1H3. The van der Waals surface area contributed by atoms with E-state index in [0.29, 0.717) is 6.42 Å². The fraction of sp³-hybridized carbons (Fsp3) is 1.00. The van der Waals surface area contributed by atoms with E-state index < -0.39 is 12.8 Å². The first-order valence-corrected chi connectivity index (χ1v) is 3.64. The molecule has 0 radical (unpaired) electrons. The molecule has 2 nitrogen and oxygen atoms in total. The van der Waals surface area contributed by atoms with Crippen molar-refractivity contribution >= 4 is 19.3 Å². The van der Waals surface area contributed by atoms with E-state index in [4.69, 9.17) is 11.6 Å². The summed E-state index contributed by atoms with van der Waals surface area (Å²) in [6.45, 7) is 1.72. The molecule has 0 aromatic heterocycles. The molecule has 0 aromatic carbocycles. The molecule has 42 valence electrons. The molecule has 0 aliphatic rings. The Balaban J connectivity index is 3.57. The highest BCUT2D eigenvalue weighted by molar-refractivity contribution is 7.34. The summed E-state index contributed by atoms with van der Waals surface area (Å²) in [6, 6.07) is 0. The molecule has 0 aliphatic heterocycles. The van der Waals surface area contributed by atoms with Crippen molar-refractivity contribution in [1.29, 1.82) is 0 Å². The van der Waals surface area contributed by atoms with Gasteiger partial charge in [-0.3, -0.25) is 0 Å². The Bertz CT molecular complexity index is 102. The Morgan fingerprint density at radius 2 is 2.14 bits per heavy atom. The van der Waals surface area contributed by atoms with Gasteiger partial charge in [0.15, 0.2) is 0 Å². The third-order valence-corrected chi connectivity index (χ3v) is 2.17. The van der Waals surface area contributed by atoms with Gasteiger partial charge in [0.2, 0.25) is 0 Å². The molecule has 4 heteroatoms. The highest BCUT2D eigenvalue weighted by Gasteiger charge is 2.04. The van der Waals surface area contributed by atoms with Gasteiger partial charge in [0.1, 0.15) is 5.12 Å². The summed E-state index contributed by atoms with van der Waals surface area (Å²) in [7, 11) is -2.40. The second kappa shape index (κ2) is 3.23. The van der Waals surface area contributed by atoms with Crippen molar-refractivity contribution in [3.8, 4) is 0 Å². The van der Waals surface area contributed by atoms with Crippen LogP contribution >= 0.6 is 19.3 Å². The van der Waals surface area contributed by atoms with Crippen LogP contribution in [-0.4, -0.2) is 5.12 Å². The van der Waals surface area contributed by atoms with Crippen molar-refractivity contribution in [2.24, 2.45) is 0 Å². The minimum atomic E-state index is -2.40. The number of halogens is 1. The summed E-state index contributed by atoms with van der Waals surface area (Å²) < 4.78 is 19.7. The van der Waals surface area contributed by atoms with Crippen molar-refractivity contribution in [3.63, 3.8) is 0 Å². The lowest BCUT2D eigenvalue weighted by Crippen LogP contribution is -1.79. The third-order valence-electron chi connectivity index (χ3n) is 0.566. The summed E-state index contributed by atoms with van der Waals surface area (Å²) in [5.41, 5.74) is 0. The third kappa shape index (κ3) is 2.84. The largest absolute Gasteiger partial charge is 0.333 e. The zero-order chi connectivity index (χ0) is 5.86. The molecule has 0 saturated heterocycles. The summed E-state index contributed by atoms with van der Waals surface area (Å²) in [4.78, 5) is 0. The first-order chi connectivity index (χ1) is 3.18. The maximum absolute atomic E-state index is 9.84. The summed E-state index contributed by atoms with van der Waals surface area (Å²) in [5.74, 6) is 0. The van der Waals surface area contributed by atoms with E-state index in [1.165, 1.54) is 0 Å². The van der Waals surface area contributed by atoms with Crippen molar-refractivity contribution in [3.05, 3.63) is 0 Å². The Morgan fingerprint density at radius 3 is 2.14 bits per heavy atom. The Morgan fingerprint density at radius 1 is 1.71 bits per heavy atom. The van der Waals surface area contributed by atoms with Crippen molar-refractivity contribution in [2.75, 3.05) is 0 Å². The zero-order valence-electron chi connectivity index (χ0n) is 3.93. The van der Waals surface area contributed by atoms with Crippen molar-refractivity contribution < 1.29 is 9.13 Å². The highest BCUT2D eigenvalue weighted by atomic mass is 35.5. The highest BCUT2D eigenvalue weighted by Crippen LogP contribution is 2.20. The van der Waals surface area contributed by atoms with Gasteiger partial charge in [0, 0.05) is 0 Å². The van der Waals surface area contributed by atoms with Crippen molar-refractivity contribution in [2.45, 2.75) is 18.5 Å². The van der Waals surface area contributed by atoms with Gasteiger partial charge in [-0.25, -0.2) is 9.13 Å². The van der Waals surface area contributed by atoms with Crippen LogP contribution in [0.2, 0.25) is 0 Å². The summed E-state index contributed by atoms with van der Waals surface area (Å²) >= 11 is 5.20. The second-order valence-corrected chi connectivity index (χ2v) is 3.15. The van der Waals surface area contributed by atoms with E-state index in [9.17, 15) is 9.13 Å². The van der Waals surface area contributed by atoms with Gasteiger partial charge in [-0.2, -0.15) is 0 Å². The van der Waals surface area contributed by atoms with E-state index >= 15 is 0 Å². The molecule has 0 saturated carbocycles. The number of hydrogen-bond acceptors (Lipinski definition) is 2. The first kappa shape index (κ1) is 7.19. The monoisotopic (exact) mass is 140 g/mol. The average Bonchev–Trinajstić information content (AvgIpc) is 1.65. The van der Waals surface area contributed by atoms with Crippen LogP contribution in [-0.2, 0) is 9.13 Å². The molecule has 0 N–H and O–H groups in total. The second-order valence-electron chi connectivity index (χ2n) is 1.13. The lowest BCUT2D eigenvalue weighted by atomic mass is 10.6. The predicted octanol–water partition coefficient (Wildman–Crippen LogP) is 2.13. The molecule has 0 amide bonds. The normalized spacial score (nSPS) is 13.4. The minimum absolute atomic E-state index is 0.486. The lowest BCUT2D eigenvalue weighted by Gasteiger charge is -1.85. The van der Waals surface area contributed by atoms with Gasteiger partial charge in [0.05, 0.1) is 0 Å². The molecule has 0 aromatic rings. The van der Waals surface area contributed by atoms with E-state index in [1.807, 2.05) is 0 Å². The molecule has 0 fully saturated rings. The van der Waals surface area contributed by atoms with Gasteiger partial charge < -0.3 is 0 Å². The van der Waals surface area contributed by atoms with E-state index in [0.717, 1.165) is 0 Å². The van der Waals surface area contributed by atoms with Crippen LogP contribution in [0, 0.1) is 0 Å². The first-order valence-electron chi connectivity index (χ1n) is 1.96. The molecule has 7 heavy (non-hydrogen) atoms. The fourth-order valence-corrected chi connectivity index (χ4v) is 0.447. The lowest BCUT2D eigenvalue weighted by molar-refractivity contribution is 0.511. The molecule has 0 rings (SSSR count). The Hall–Kier alpha value is 0.190. The fourth-order valence-electron chi connectivity index (χ4n) is 0.149. The number of hydrogen-bond donors (Lipinski definition) is 0. The smallest absolute Gasteiger partial charge is 0.236 e. The van der Waals surface area contributed by atoms with Gasteiger partial charge in [-0.05, 0) is 6.42 Å². The SMILES string of the molecule is CCC(Cl)P(=O)=O. The van der Waals surface area contributed by atoms with Crippen LogP contribution in [0.15, 0.2) is 0 Å². The minimum Gasteiger partial charge on any atom is -0.236 e. The van der Waals surface area contributed by atoms with Crippen LogP contribution in [0.5, 0.6) is 0 Å². The van der Waals surface area contributed by atoms with Gasteiger partial charge in [0.25, 0.3) is 0 Å². The molecule has 0 aliphatic carbocycles. The van der Waals surface area contributed by atoms with Gasteiger partial charge in [-0.1, -0.05) is 6.92 Å². The summed E-state index contributed by atoms with van der Waals surface area (Å²) in [6.07, 6.45) is 0.486. The number of alkyl halides is 1. The molecule has 0 heterocycles. The average molecular weight is 141 g/mol.